The molecule has 2 aromatic heterocycles. The van der Waals surface area contributed by atoms with Gasteiger partial charge in [0.25, 0.3) is 5.91 Å². The molecular weight excluding hydrogens is 378 g/mol. The lowest BCUT2D eigenvalue weighted by atomic mass is 9.93. The first-order chi connectivity index (χ1) is 14.5. The van der Waals surface area contributed by atoms with E-state index >= 15 is 0 Å². The lowest BCUT2D eigenvalue weighted by molar-refractivity contribution is -0.134. The van der Waals surface area contributed by atoms with Crippen LogP contribution in [0.15, 0.2) is 48.8 Å². The minimum absolute atomic E-state index is 0.00793. The monoisotopic (exact) mass is 403 g/mol. The number of rotatable bonds is 4. The maximum absolute atomic E-state index is 12.7. The Morgan fingerprint density at radius 1 is 1.03 bits per heavy atom. The highest BCUT2D eigenvalue weighted by Gasteiger charge is 2.45. The molecule has 7 heteroatoms. The average molecular weight is 403 g/mol. The van der Waals surface area contributed by atoms with Gasteiger partial charge >= 0.3 is 0 Å². The summed E-state index contributed by atoms with van der Waals surface area (Å²) in [5.74, 6) is 0.335. The highest BCUT2D eigenvalue weighted by Crippen LogP contribution is 2.53. The van der Waals surface area contributed by atoms with Gasteiger partial charge in [0.15, 0.2) is 5.82 Å². The molecular formula is C23H25N5O2. The highest BCUT2D eigenvalue weighted by molar-refractivity contribution is 5.97. The smallest absolute Gasteiger partial charge is 0.253 e. The molecule has 30 heavy (non-hydrogen) atoms. The Bertz CT molecular complexity index is 1090. The van der Waals surface area contributed by atoms with Crippen LogP contribution in [-0.4, -0.2) is 50.6 Å². The van der Waals surface area contributed by atoms with Gasteiger partial charge in [-0.15, -0.1) is 0 Å². The minimum Gasteiger partial charge on any atom is -0.341 e. The number of fused-ring (bicyclic) bond motifs is 1. The highest BCUT2D eigenvalue weighted by atomic mass is 16.2. The Morgan fingerprint density at radius 3 is 2.50 bits per heavy atom. The van der Waals surface area contributed by atoms with E-state index in [9.17, 15) is 9.59 Å². The summed E-state index contributed by atoms with van der Waals surface area (Å²) in [6, 6.07) is 10.8. The van der Waals surface area contributed by atoms with Crippen LogP contribution in [0.1, 0.15) is 43.0 Å². The Hall–Kier alpha value is -3.22. The van der Waals surface area contributed by atoms with E-state index in [0.29, 0.717) is 16.8 Å². The van der Waals surface area contributed by atoms with Crippen LogP contribution in [-0.2, 0) is 4.79 Å². The van der Waals surface area contributed by atoms with Gasteiger partial charge in [0.05, 0.1) is 17.3 Å². The van der Waals surface area contributed by atoms with E-state index in [2.05, 4.69) is 15.4 Å². The van der Waals surface area contributed by atoms with Gasteiger partial charge in [-0.05, 0) is 56.2 Å². The van der Waals surface area contributed by atoms with E-state index in [1.54, 1.807) is 29.9 Å². The zero-order valence-electron chi connectivity index (χ0n) is 17.0. The van der Waals surface area contributed by atoms with Gasteiger partial charge in [-0.1, -0.05) is 18.2 Å². The van der Waals surface area contributed by atoms with Crippen LogP contribution in [0.5, 0.6) is 0 Å². The van der Waals surface area contributed by atoms with Crippen LogP contribution in [0.4, 0.5) is 0 Å². The fourth-order valence-corrected chi connectivity index (χ4v) is 4.29. The summed E-state index contributed by atoms with van der Waals surface area (Å²) >= 11 is 0. The second-order valence-corrected chi connectivity index (χ2v) is 8.54. The second-order valence-electron chi connectivity index (χ2n) is 8.54. The summed E-state index contributed by atoms with van der Waals surface area (Å²) < 4.78 is 1.74. The van der Waals surface area contributed by atoms with Gasteiger partial charge in [-0.3, -0.25) is 9.59 Å². The number of nitrogens with zero attached hydrogens (tertiary/aromatic N) is 4. The first-order valence-corrected chi connectivity index (χ1v) is 10.5. The summed E-state index contributed by atoms with van der Waals surface area (Å²) in [7, 11) is 0. The predicted octanol–water partition coefficient (Wildman–Crippen LogP) is 2.94. The van der Waals surface area contributed by atoms with Crippen molar-refractivity contribution in [3.05, 3.63) is 54.4 Å². The molecule has 1 saturated carbocycles. The van der Waals surface area contributed by atoms with E-state index in [0.717, 1.165) is 36.8 Å². The van der Waals surface area contributed by atoms with E-state index in [1.165, 1.54) is 19.0 Å². The van der Waals surface area contributed by atoms with Crippen LogP contribution in [0.3, 0.4) is 0 Å². The summed E-state index contributed by atoms with van der Waals surface area (Å²) in [6.45, 7) is 3.35. The van der Waals surface area contributed by atoms with Gasteiger partial charge in [0.2, 0.25) is 5.91 Å². The summed E-state index contributed by atoms with van der Waals surface area (Å²) in [6.07, 6.45) is 8.10. The molecule has 2 amide bonds. The molecule has 2 aliphatic rings. The van der Waals surface area contributed by atoms with Gasteiger partial charge in [0.1, 0.15) is 6.04 Å². The van der Waals surface area contributed by atoms with Gasteiger partial charge in [-0.2, -0.15) is 5.10 Å². The second kappa shape index (κ2) is 7.23. The molecule has 2 fully saturated rings. The first-order valence-electron chi connectivity index (χ1n) is 10.5. The van der Waals surface area contributed by atoms with Crippen molar-refractivity contribution >= 4 is 22.7 Å². The molecule has 1 saturated heterocycles. The Balaban J connectivity index is 1.23. The van der Waals surface area contributed by atoms with Gasteiger partial charge in [0, 0.05) is 24.7 Å². The molecule has 1 aromatic carbocycles. The number of para-hydroxylation sites is 1. The number of carbonyl (C=O) groups is 2. The topological polar surface area (TPSA) is 80.1 Å². The van der Waals surface area contributed by atoms with Crippen LogP contribution in [0.2, 0.25) is 0 Å². The SMILES string of the molecule is C[C@H](NC(=O)c1ccc(-n2ncc3ccccc32)nc1)C(=O)N1CCC2(CC1)CC2. The normalized spacial score (nSPS) is 18.4. The number of carbonyl (C=O) groups excluding carboxylic acids is 2. The maximum Gasteiger partial charge on any atom is 0.253 e. The van der Waals surface area contributed by atoms with E-state index < -0.39 is 6.04 Å². The number of aromatic nitrogens is 3. The fourth-order valence-electron chi connectivity index (χ4n) is 4.29. The molecule has 3 heterocycles. The number of amides is 2. The first kappa shape index (κ1) is 18.8. The van der Waals surface area contributed by atoms with E-state index in [1.807, 2.05) is 29.2 Å². The molecule has 5 rings (SSSR count). The van der Waals surface area contributed by atoms with Crippen molar-refractivity contribution in [2.75, 3.05) is 13.1 Å². The molecule has 0 bridgehead atoms. The lowest BCUT2D eigenvalue weighted by Crippen LogP contribution is -2.49. The standard InChI is InChI=1S/C23H25N5O2/c1-16(22(30)27-12-10-23(8-9-23)11-13-27)26-21(29)18-6-7-20(24-14-18)28-19-5-3-2-4-17(19)15-25-28/h2-7,14-16H,8-13H2,1H3,(H,26,29)/t16-/m0/s1. The molecule has 1 atom stereocenters. The van der Waals surface area contributed by atoms with Crippen molar-refractivity contribution in [3.63, 3.8) is 0 Å². The number of hydrogen-bond donors (Lipinski definition) is 1. The molecule has 0 radical (unpaired) electrons. The van der Waals surface area contributed by atoms with Crippen molar-refractivity contribution in [1.29, 1.82) is 0 Å². The summed E-state index contributed by atoms with van der Waals surface area (Å²) in [5.41, 5.74) is 1.90. The Labute approximate surface area is 175 Å². The number of pyridine rings is 1. The lowest BCUT2D eigenvalue weighted by Gasteiger charge is -2.33. The number of hydrogen-bond acceptors (Lipinski definition) is 4. The van der Waals surface area contributed by atoms with E-state index in [-0.39, 0.29) is 11.8 Å². The quantitative estimate of drug-likeness (QED) is 0.726. The Morgan fingerprint density at radius 2 is 1.80 bits per heavy atom. The fraction of sp³-hybridized carbons (Fsp3) is 0.391. The molecule has 1 N–H and O–H groups in total. The molecule has 3 aromatic rings. The third kappa shape index (κ3) is 3.44. The minimum atomic E-state index is -0.555. The van der Waals surface area contributed by atoms with E-state index in [4.69, 9.17) is 0 Å². The third-order valence-corrected chi connectivity index (χ3v) is 6.52. The molecule has 1 aliphatic heterocycles. The zero-order valence-corrected chi connectivity index (χ0v) is 17.0. The van der Waals surface area contributed by atoms with Crippen molar-refractivity contribution < 1.29 is 9.59 Å². The van der Waals surface area contributed by atoms with Gasteiger partial charge < -0.3 is 10.2 Å². The number of benzene rings is 1. The molecule has 154 valence electrons. The van der Waals surface area contributed by atoms with Crippen LogP contribution in [0, 0.1) is 5.41 Å². The van der Waals surface area contributed by atoms with Crippen molar-refractivity contribution in [2.24, 2.45) is 5.41 Å². The molecule has 1 spiro atoms. The number of nitrogens with one attached hydrogen (secondary N) is 1. The number of piperidine rings is 1. The maximum atomic E-state index is 12.7. The molecule has 7 nitrogen and oxygen atoms in total. The average Bonchev–Trinajstić information content (AvgIpc) is 3.39. The van der Waals surface area contributed by atoms with Crippen LogP contribution in [0.25, 0.3) is 16.7 Å². The molecule has 1 aliphatic carbocycles. The third-order valence-electron chi connectivity index (χ3n) is 6.52. The predicted molar refractivity (Wildman–Crippen MR) is 113 cm³/mol. The van der Waals surface area contributed by atoms with Crippen LogP contribution < -0.4 is 5.32 Å². The Kier molecular flexibility index (Phi) is 4.53. The van der Waals surface area contributed by atoms with Gasteiger partial charge in [-0.25, -0.2) is 9.67 Å². The number of likely N-dealkylation sites (tertiary alicyclic amines) is 1. The zero-order chi connectivity index (χ0) is 20.7. The van der Waals surface area contributed by atoms with Crippen LogP contribution >= 0.6 is 0 Å². The summed E-state index contributed by atoms with van der Waals surface area (Å²) in [5, 5.41) is 8.23. The van der Waals surface area contributed by atoms with Crippen molar-refractivity contribution in [2.45, 2.75) is 38.6 Å². The molecule has 0 unspecified atom stereocenters. The van der Waals surface area contributed by atoms with Crippen molar-refractivity contribution in [1.82, 2.24) is 25.0 Å². The van der Waals surface area contributed by atoms with Crippen molar-refractivity contribution in [3.8, 4) is 5.82 Å². The summed E-state index contributed by atoms with van der Waals surface area (Å²) in [4.78, 5) is 31.6. The largest absolute Gasteiger partial charge is 0.341 e.